The fourth-order valence-corrected chi connectivity index (χ4v) is 3.24. The molecule has 0 aliphatic carbocycles. The van der Waals surface area contributed by atoms with E-state index in [9.17, 15) is 4.79 Å². The van der Waals surface area contributed by atoms with Crippen molar-refractivity contribution in [3.05, 3.63) is 52.7 Å². The van der Waals surface area contributed by atoms with E-state index in [0.717, 1.165) is 27.7 Å². The highest BCUT2D eigenvalue weighted by Crippen LogP contribution is 2.27. The van der Waals surface area contributed by atoms with Gasteiger partial charge in [0.1, 0.15) is 5.69 Å². The third kappa shape index (κ3) is 4.22. The van der Waals surface area contributed by atoms with E-state index in [-0.39, 0.29) is 12.3 Å². The molecule has 1 heterocycles. The summed E-state index contributed by atoms with van der Waals surface area (Å²) in [4.78, 5) is 12.3. The highest BCUT2D eigenvalue weighted by Gasteiger charge is 2.14. The zero-order chi connectivity index (χ0) is 19.4. The second kappa shape index (κ2) is 8.12. The zero-order valence-electron chi connectivity index (χ0n) is 16.1. The van der Waals surface area contributed by atoms with E-state index in [1.165, 1.54) is 0 Å². The highest BCUT2D eigenvalue weighted by atomic mass is 16.5. The van der Waals surface area contributed by atoms with E-state index < -0.39 is 0 Å². The summed E-state index contributed by atoms with van der Waals surface area (Å²) in [5, 5.41) is 7.94. The van der Waals surface area contributed by atoms with Gasteiger partial charge in [-0.25, -0.2) is 0 Å². The molecule has 142 valence electrons. The van der Waals surface area contributed by atoms with Crippen molar-refractivity contribution in [2.75, 3.05) is 20.8 Å². The topological polar surface area (TPSA) is 73.6 Å². The summed E-state index contributed by atoms with van der Waals surface area (Å²) in [6, 6.07) is 9.75. The van der Waals surface area contributed by atoms with Crippen LogP contribution in [0.1, 0.15) is 22.4 Å². The molecule has 6 heteroatoms. The van der Waals surface area contributed by atoms with Gasteiger partial charge in [-0.3, -0.25) is 4.79 Å². The van der Waals surface area contributed by atoms with Crippen LogP contribution >= 0.6 is 0 Å². The molecule has 3 aromatic rings. The zero-order valence-corrected chi connectivity index (χ0v) is 16.1. The fourth-order valence-electron chi connectivity index (χ4n) is 3.24. The Morgan fingerprint density at radius 2 is 1.89 bits per heavy atom. The molecular formula is C21H24N2O4. The number of rotatable bonds is 7. The minimum Gasteiger partial charge on any atom is -0.493 e. The molecule has 0 unspecified atom stereocenters. The maximum absolute atomic E-state index is 12.3. The molecule has 6 nitrogen and oxygen atoms in total. The molecule has 0 fully saturated rings. The third-order valence-corrected chi connectivity index (χ3v) is 4.50. The van der Waals surface area contributed by atoms with Crippen LogP contribution in [-0.2, 0) is 17.6 Å². The summed E-state index contributed by atoms with van der Waals surface area (Å²) in [7, 11) is 3.21. The Kier molecular flexibility index (Phi) is 5.64. The first-order valence-electron chi connectivity index (χ1n) is 8.85. The number of aryl methyl sites for hydroxylation is 2. The molecule has 1 aromatic heterocycles. The molecule has 1 N–H and O–H groups in total. The molecule has 0 radical (unpaired) electrons. The van der Waals surface area contributed by atoms with Gasteiger partial charge in [-0.15, -0.1) is 0 Å². The van der Waals surface area contributed by atoms with Gasteiger partial charge in [-0.05, 0) is 55.2 Å². The number of aromatic nitrogens is 1. The van der Waals surface area contributed by atoms with Crippen LogP contribution in [0.5, 0.6) is 11.5 Å². The largest absolute Gasteiger partial charge is 0.493 e. The van der Waals surface area contributed by atoms with Crippen LogP contribution in [0.25, 0.3) is 11.0 Å². The predicted molar refractivity (Wildman–Crippen MR) is 103 cm³/mol. The highest BCUT2D eigenvalue weighted by molar-refractivity contribution is 5.88. The number of nitrogens with one attached hydrogen (secondary N) is 1. The summed E-state index contributed by atoms with van der Waals surface area (Å²) in [5.41, 5.74) is 4.64. The lowest BCUT2D eigenvalue weighted by Crippen LogP contribution is -2.27. The minimum absolute atomic E-state index is 0.0781. The first-order valence-corrected chi connectivity index (χ1v) is 8.85. The molecule has 0 saturated heterocycles. The van der Waals surface area contributed by atoms with Crippen LogP contribution in [0.2, 0.25) is 0 Å². The number of hydrogen-bond donors (Lipinski definition) is 1. The lowest BCUT2D eigenvalue weighted by atomic mass is 10.0. The molecule has 1 amide bonds. The van der Waals surface area contributed by atoms with Crippen molar-refractivity contribution >= 4 is 16.9 Å². The first-order chi connectivity index (χ1) is 13.0. The van der Waals surface area contributed by atoms with Gasteiger partial charge in [0, 0.05) is 11.9 Å². The molecule has 0 aliphatic rings. The summed E-state index contributed by atoms with van der Waals surface area (Å²) >= 11 is 0. The molecule has 0 atom stereocenters. The van der Waals surface area contributed by atoms with Crippen molar-refractivity contribution in [2.24, 2.45) is 0 Å². The van der Waals surface area contributed by atoms with E-state index in [0.29, 0.717) is 30.2 Å². The van der Waals surface area contributed by atoms with Crippen molar-refractivity contribution in [3.8, 4) is 11.5 Å². The Morgan fingerprint density at radius 1 is 1.11 bits per heavy atom. The number of ether oxygens (including phenoxy) is 2. The molecule has 0 bridgehead atoms. The van der Waals surface area contributed by atoms with E-state index in [2.05, 4.69) is 16.5 Å². The van der Waals surface area contributed by atoms with Crippen molar-refractivity contribution < 1.29 is 18.8 Å². The summed E-state index contributed by atoms with van der Waals surface area (Å²) < 4.78 is 15.9. The summed E-state index contributed by atoms with van der Waals surface area (Å²) in [6.45, 7) is 4.54. The SMILES string of the molecule is COc1ccc(CCNC(=O)Cc2noc3cc(C)cc(C)c23)cc1OC. The number of hydrogen-bond acceptors (Lipinski definition) is 5. The van der Waals surface area contributed by atoms with Crippen molar-refractivity contribution in [3.63, 3.8) is 0 Å². The quantitative estimate of drug-likeness (QED) is 0.692. The van der Waals surface area contributed by atoms with E-state index in [1.807, 2.05) is 38.1 Å². The van der Waals surface area contributed by atoms with Gasteiger partial charge >= 0.3 is 0 Å². The van der Waals surface area contributed by atoms with E-state index in [1.54, 1.807) is 14.2 Å². The lowest BCUT2D eigenvalue weighted by molar-refractivity contribution is -0.120. The minimum atomic E-state index is -0.0781. The molecule has 3 rings (SSSR count). The van der Waals surface area contributed by atoms with Crippen molar-refractivity contribution in [1.82, 2.24) is 10.5 Å². The average molecular weight is 368 g/mol. The van der Waals surface area contributed by atoms with Gasteiger partial charge in [0.25, 0.3) is 0 Å². The number of carbonyl (C=O) groups is 1. The Labute approximate surface area is 158 Å². The number of methoxy groups -OCH3 is 2. The molecule has 0 saturated carbocycles. The first kappa shape index (κ1) is 18.8. The van der Waals surface area contributed by atoms with Crippen LogP contribution in [0, 0.1) is 13.8 Å². The van der Waals surface area contributed by atoms with Crippen LogP contribution in [0.4, 0.5) is 0 Å². The summed E-state index contributed by atoms with van der Waals surface area (Å²) in [5.74, 6) is 1.29. The number of amides is 1. The predicted octanol–water partition coefficient (Wildman–Crippen LogP) is 3.36. The van der Waals surface area contributed by atoms with Gasteiger partial charge in [0.2, 0.25) is 5.91 Å². The Balaban J connectivity index is 1.59. The van der Waals surface area contributed by atoms with Crippen LogP contribution in [0.3, 0.4) is 0 Å². The third-order valence-electron chi connectivity index (χ3n) is 4.50. The van der Waals surface area contributed by atoms with Gasteiger partial charge in [-0.2, -0.15) is 0 Å². The van der Waals surface area contributed by atoms with Gasteiger partial charge < -0.3 is 19.3 Å². The maximum atomic E-state index is 12.3. The summed E-state index contributed by atoms with van der Waals surface area (Å²) in [6.07, 6.45) is 0.896. The van der Waals surface area contributed by atoms with Crippen molar-refractivity contribution in [1.29, 1.82) is 0 Å². The Bertz CT molecular complexity index is 962. The van der Waals surface area contributed by atoms with E-state index >= 15 is 0 Å². The van der Waals surface area contributed by atoms with Gasteiger partial charge in [0.15, 0.2) is 17.1 Å². The molecule has 27 heavy (non-hydrogen) atoms. The number of fused-ring (bicyclic) bond motifs is 1. The van der Waals surface area contributed by atoms with Crippen LogP contribution < -0.4 is 14.8 Å². The lowest BCUT2D eigenvalue weighted by Gasteiger charge is -2.10. The molecular weight excluding hydrogens is 344 g/mol. The fraction of sp³-hybridized carbons (Fsp3) is 0.333. The van der Waals surface area contributed by atoms with Crippen LogP contribution in [-0.4, -0.2) is 31.8 Å². The normalized spacial score (nSPS) is 10.8. The van der Waals surface area contributed by atoms with Gasteiger partial charge in [-0.1, -0.05) is 17.3 Å². The Morgan fingerprint density at radius 3 is 2.63 bits per heavy atom. The molecule has 0 aliphatic heterocycles. The average Bonchev–Trinajstić information content (AvgIpc) is 3.04. The number of carbonyl (C=O) groups excluding carboxylic acids is 1. The van der Waals surface area contributed by atoms with E-state index in [4.69, 9.17) is 14.0 Å². The maximum Gasteiger partial charge on any atom is 0.226 e. The van der Waals surface area contributed by atoms with Gasteiger partial charge in [0.05, 0.1) is 20.6 Å². The second-order valence-corrected chi connectivity index (χ2v) is 6.55. The Hall–Kier alpha value is -3.02. The smallest absolute Gasteiger partial charge is 0.226 e. The molecule has 2 aromatic carbocycles. The number of benzene rings is 2. The molecule has 0 spiro atoms. The number of nitrogens with zero attached hydrogens (tertiary/aromatic N) is 1. The second-order valence-electron chi connectivity index (χ2n) is 6.55. The standard InChI is InChI=1S/C21H24N2O4/c1-13-9-14(2)21-16(23-27-19(21)10-13)12-20(24)22-8-7-15-5-6-17(25-3)18(11-15)26-4/h5-6,9-11H,7-8,12H2,1-4H3,(H,22,24). The van der Waals surface area contributed by atoms with Crippen LogP contribution in [0.15, 0.2) is 34.9 Å². The van der Waals surface area contributed by atoms with Crippen molar-refractivity contribution in [2.45, 2.75) is 26.7 Å². The monoisotopic (exact) mass is 368 g/mol.